The lowest BCUT2D eigenvalue weighted by Gasteiger charge is -2.17. The van der Waals surface area contributed by atoms with Crippen molar-refractivity contribution in [3.05, 3.63) is 11.9 Å². The molecule has 132 valence electrons. The lowest BCUT2D eigenvalue weighted by atomic mass is 10.3. The van der Waals surface area contributed by atoms with Crippen molar-refractivity contribution in [2.45, 2.75) is 51.6 Å². The molecule has 1 aromatic heterocycles. The maximum atomic E-state index is 11.1. The zero-order valence-electron chi connectivity index (χ0n) is 13.9. The molecule has 0 radical (unpaired) electrons. The number of hydrogen-bond donors (Lipinski definition) is 2. The summed E-state index contributed by atoms with van der Waals surface area (Å²) in [4.78, 5) is 19.5. The van der Waals surface area contributed by atoms with Crippen molar-refractivity contribution in [1.29, 1.82) is 0 Å². The molecule has 2 N–H and O–H groups in total. The van der Waals surface area contributed by atoms with Crippen molar-refractivity contribution in [1.82, 2.24) is 19.9 Å². The van der Waals surface area contributed by atoms with E-state index in [-0.39, 0.29) is 21.3 Å². The summed E-state index contributed by atoms with van der Waals surface area (Å²) in [6.07, 6.45) is 3.60. The van der Waals surface area contributed by atoms with Crippen LogP contribution in [0.5, 0.6) is 0 Å². The van der Waals surface area contributed by atoms with E-state index in [0.717, 1.165) is 13.0 Å². The van der Waals surface area contributed by atoms with Crippen LogP contribution in [0.3, 0.4) is 0 Å². The summed E-state index contributed by atoms with van der Waals surface area (Å²) in [5.41, 5.74) is 0.618. The van der Waals surface area contributed by atoms with Crippen LogP contribution >= 0.6 is 16.1 Å². The van der Waals surface area contributed by atoms with Crippen LogP contribution in [-0.4, -0.2) is 50.3 Å². The van der Waals surface area contributed by atoms with E-state index >= 15 is 0 Å². The molecule has 0 aliphatic carbocycles. The number of aryl methyl sites for hydroxylation is 1. The van der Waals surface area contributed by atoms with E-state index in [0.29, 0.717) is 5.69 Å². The molecule has 0 amide bonds. The number of nitrogens with zero attached hydrogens (tertiary/aromatic N) is 4. The summed E-state index contributed by atoms with van der Waals surface area (Å²) >= 11 is 0. The van der Waals surface area contributed by atoms with Crippen molar-refractivity contribution >= 4 is 24.1 Å². The third kappa shape index (κ3) is 10.1. The fraction of sp³-hybridized carbons (Fsp3) is 0.833. The molecular weight excluding hydrogens is 354 g/mol. The first kappa shape index (κ1) is 20.6. The Morgan fingerprint density at radius 3 is 2.61 bits per heavy atom. The monoisotopic (exact) mass is 380 g/mol. The van der Waals surface area contributed by atoms with Gasteiger partial charge < -0.3 is 9.79 Å². The predicted molar refractivity (Wildman–Crippen MR) is 92.3 cm³/mol. The summed E-state index contributed by atoms with van der Waals surface area (Å²) in [5, 5.41) is 8.05. The minimum absolute atomic E-state index is 0.0498. The van der Waals surface area contributed by atoms with Crippen LogP contribution in [0.1, 0.15) is 18.5 Å². The number of unbranched alkanes of at least 4 members (excludes halogenated alkanes) is 1. The fourth-order valence-electron chi connectivity index (χ4n) is 2.17. The Balaban J connectivity index is 2.47. The topological polar surface area (TPSA) is 109 Å². The summed E-state index contributed by atoms with van der Waals surface area (Å²) in [6, 6.07) is 1.28. The van der Waals surface area contributed by atoms with Crippen LogP contribution in [0.15, 0.2) is 6.20 Å². The number of hydrogen-bond acceptors (Lipinski definition) is 5. The number of rotatable bonds is 11. The molecule has 23 heavy (non-hydrogen) atoms. The van der Waals surface area contributed by atoms with E-state index in [4.69, 9.17) is 9.79 Å². The van der Waals surface area contributed by atoms with Crippen LogP contribution in [-0.2, 0) is 22.2 Å². The molecule has 8 nitrogen and oxygen atoms in total. The van der Waals surface area contributed by atoms with Gasteiger partial charge in [0.25, 0.3) is 0 Å². The van der Waals surface area contributed by atoms with Crippen molar-refractivity contribution < 1.29 is 18.9 Å². The first-order chi connectivity index (χ1) is 10.6. The van der Waals surface area contributed by atoms with Gasteiger partial charge in [-0.2, -0.15) is 0 Å². The van der Waals surface area contributed by atoms with E-state index in [1.54, 1.807) is 10.9 Å². The quantitative estimate of drug-likeness (QED) is 0.345. The normalized spacial score (nSPS) is 13.1. The molecule has 0 aromatic carbocycles. The van der Waals surface area contributed by atoms with E-state index in [2.05, 4.69) is 30.0 Å². The van der Waals surface area contributed by atoms with E-state index in [1.165, 1.54) is 17.4 Å². The van der Waals surface area contributed by atoms with Gasteiger partial charge in [0.15, 0.2) is 8.46 Å². The Hall–Kier alpha value is -0.433. The van der Waals surface area contributed by atoms with Gasteiger partial charge in [0.1, 0.15) is 6.29 Å². The Morgan fingerprint density at radius 2 is 2.04 bits per heavy atom. The zero-order valence-corrected chi connectivity index (χ0v) is 16.7. The minimum Gasteiger partial charge on any atom is -0.324 e. The largest absolute Gasteiger partial charge is 0.339 e. The van der Waals surface area contributed by atoms with Gasteiger partial charge in [0.2, 0.25) is 0 Å². The molecule has 0 fully saturated rings. The molecule has 11 heteroatoms. The molecule has 1 rings (SSSR count). The second kappa shape index (κ2) is 9.16. The van der Waals surface area contributed by atoms with Crippen LogP contribution in [0.25, 0.3) is 0 Å². The molecule has 0 saturated carbocycles. The molecule has 0 saturated heterocycles. The third-order valence-electron chi connectivity index (χ3n) is 3.18. The van der Waals surface area contributed by atoms with Gasteiger partial charge in [-0.25, -0.2) is 0 Å². The molecule has 0 spiro atoms. The molecule has 0 bridgehead atoms. The average molecular weight is 380 g/mol. The van der Waals surface area contributed by atoms with Gasteiger partial charge in [0, 0.05) is 27.4 Å². The standard InChI is InChI=1S/C12H26N4O4P2Si/c1-23(2,3)7-5-4-6-16-9-12(13-14-16)8-15(10-21-17)11-22(18,19)20/h9H,4-8,10-11H2,1-3H3,(H2,18,19,20). The SMILES string of the molecule is C[Si](C)(C)CCCCn1cc(CN(CP=O)CP(=O)(O)O)nn1. The highest BCUT2D eigenvalue weighted by Gasteiger charge is 2.20. The lowest BCUT2D eigenvalue weighted by molar-refractivity contribution is 0.297. The molecule has 1 aromatic rings. The van der Waals surface area contributed by atoms with Crippen LogP contribution < -0.4 is 0 Å². The predicted octanol–water partition coefficient (Wildman–Crippen LogP) is 2.58. The molecule has 0 aliphatic rings. The van der Waals surface area contributed by atoms with Gasteiger partial charge in [-0.05, 0) is 6.42 Å². The Kier molecular flexibility index (Phi) is 8.20. The molecule has 0 unspecified atom stereocenters. The summed E-state index contributed by atoms with van der Waals surface area (Å²) < 4.78 is 23.5. The lowest BCUT2D eigenvalue weighted by Crippen LogP contribution is -2.23. The van der Waals surface area contributed by atoms with E-state index < -0.39 is 22.0 Å². The fourth-order valence-corrected chi connectivity index (χ4v) is 4.72. The van der Waals surface area contributed by atoms with Crippen LogP contribution in [0.2, 0.25) is 25.7 Å². The van der Waals surface area contributed by atoms with Gasteiger partial charge >= 0.3 is 7.60 Å². The van der Waals surface area contributed by atoms with Crippen molar-refractivity contribution in [2.24, 2.45) is 0 Å². The van der Waals surface area contributed by atoms with Gasteiger partial charge in [0.05, 0.1) is 12.0 Å². The highest BCUT2D eigenvalue weighted by Crippen LogP contribution is 2.35. The van der Waals surface area contributed by atoms with Crippen molar-refractivity contribution in [2.75, 3.05) is 12.6 Å². The maximum Gasteiger partial charge on any atom is 0.339 e. The Bertz CT molecular complexity index is 543. The molecule has 0 atom stereocenters. The highest BCUT2D eigenvalue weighted by molar-refractivity contribution is 7.51. The second-order valence-electron chi connectivity index (χ2n) is 6.90. The van der Waals surface area contributed by atoms with Crippen LogP contribution in [0.4, 0.5) is 0 Å². The number of aromatic nitrogens is 3. The average Bonchev–Trinajstić information content (AvgIpc) is 2.79. The van der Waals surface area contributed by atoms with Gasteiger partial charge in [-0.1, -0.05) is 37.3 Å². The van der Waals surface area contributed by atoms with Crippen molar-refractivity contribution in [3.63, 3.8) is 0 Å². The van der Waals surface area contributed by atoms with E-state index in [1.807, 2.05) is 0 Å². The van der Waals surface area contributed by atoms with Crippen LogP contribution in [0, 0.1) is 0 Å². The Morgan fingerprint density at radius 1 is 1.35 bits per heavy atom. The second-order valence-corrected chi connectivity index (χ2v) is 14.7. The first-order valence-electron chi connectivity index (χ1n) is 7.54. The van der Waals surface area contributed by atoms with Gasteiger partial charge in [-0.3, -0.25) is 18.7 Å². The molecule has 0 aliphatic heterocycles. The minimum atomic E-state index is -4.19. The highest BCUT2D eigenvalue weighted by atomic mass is 31.2. The van der Waals surface area contributed by atoms with E-state index in [9.17, 15) is 9.13 Å². The first-order valence-corrected chi connectivity index (χ1v) is 14.0. The maximum absolute atomic E-state index is 11.1. The third-order valence-corrected chi connectivity index (χ3v) is 6.32. The van der Waals surface area contributed by atoms with Gasteiger partial charge in [-0.15, -0.1) is 5.10 Å². The smallest absolute Gasteiger partial charge is 0.324 e. The Labute approximate surface area is 139 Å². The summed E-state index contributed by atoms with van der Waals surface area (Å²) in [5.74, 6) is 0. The molecular formula is C12H26N4O4P2Si. The molecule has 1 heterocycles. The van der Waals surface area contributed by atoms with Crippen molar-refractivity contribution in [3.8, 4) is 0 Å². The summed E-state index contributed by atoms with van der Waals surface area (Å²) in [7, 11) is -5.37. The summed E-state index contributed by atoms with van der Waals surface area (Å²) in [6.45, 7) is 8.06. The zero-order chi connectivity index (χ0) is 17.5.